The van der Waals surface area contributed by atoms with E-state index in [0.717, 1.165) is 11.4 Å². The second kappa shape index (κ2) is 5.29. The van der Waals surface area contributed by atoms with Gasteiger partial charge in [-0.2, -0.15) is 0 Å². The van der Waals surface area contributed by atoms with Crippen LogP contribution in [0.15, 0.2) is 18.2 Å². The van der Waals surface area contributed by atoms with Crippen LogP contribution in [-0.2, 0) is 12.8 Å². The summed E-state index contributed by atoms with van der Waals surface area (Å²) in [5, 5.41) is 0.864. The maximum absolute atomic E-state index is 5.95. The monoisotopic (exact) mass is 196 g/mol. The smallest absolute Gasteiger partial charge is 0.0408 e. The summed E-state index contributed by atoms with van der Waals surface area (Å²) in [6.45, 7) is 4.42. The average molecular weight is 197 g/mol. The standard InChI is InChI=1S/C12H17Cl/c1-3-5-10-7-8-12(13)9-11(10)6-4-2/h7-9H,3-6H2,1-2H3. The fourth-order valence-electron chi connectivity index (χ4n) is 1.61. The summed E-state index contributed by atoms with van der Waals surface area (Å²) in [5.74, 6) is 0. The fraction of sp³-hybridized carbons (Fsp3) is 0.500. The predicted octanol–water partition coefficient (Wildman–Crippen LogP) is 4.25. The molecule has 0 nitrogen and oxygen atoms in total. The van der Waals surface area contributed by atoms with Crippen LogP contribution in [0.3, 0.4) is 0 Å². The highest BCUT2D eigenvalue weighted by Crippen LogP contribution is 2.18. The lowest BCUT2D eigenvalue weighted by molar-refractivity contribution is 0.861. The molecule has 0 unspecified atom stereocenters. The molecule has 0 saturated carbocycles. The zero-order valence-corrected chi connectivity index (χ0v) is 9.19. The van der Waals surface area contributed by atoms with Crippen molar-refractivity contribution in [2.24, 2.45) is 0 Å². The molecular formula is C12H17Cl. The molecule has 72 valence electrons. The number of aryl methyl sites for hydroxylation is 2. The van der Waals surface area contributed by atoms with Crippen molar-refractivity contribution >= 4 is 11.6 Å². The SMILES string of the molecule is CCCc1ccc(Cl)cc1CCC. The van der Waals surface area contributed by atoms with Gasteiger partial charge in [-0.15, -0.1) is 0 Å². The van der Waals surface area contributed by atoms with Crippen LogP contribution in [0.25, 0.3) is 0 Å². The largest absolute Gasteiger partial charge is 0.0843 e. The normalized spacial score (nSPS) is 10.4. The maximum atomic E-state index is 5.95. The average Bonchev–Trinajstić information content (AvgIpc) is 2.10. The zero-order valence-electron chi connectivity index (χ0n) is 8.44. The molecule has 0 heterocycles. The Balaban J connectivity index is 2.89. The Kier molecular flexibility index (Phi) is 4.31. The Hall–Kier alpha value is -0.490. The first kappa shape index (κ1) is 10.6. The van der Waals surface area contributed by atoms with Crippen LogP contribution in [-0.4, -0.2) is 0 Å². The third-order valence-corrected chi connectivity index (χ3v) is 2.44. The van der Waals surface area contributed by atoms with Gasteiger partial charge in [0.2, 0.25) is 0 Å². The van der Waals surface area contributed by atoms with Crippen LogP contribution >= 0.6 is 11.6 Å². The van der Waals surface area contributed by atoms with Crippen LogP contribution in [0, 0.1) is 0 Å². The highest BCUT2D eigenvalue weighted by atomic mass is 35.5. The van der Waals surface area contributed by atoms with Crippen LogP contribution in [0.4, 0.5) is 0 Å². The van der Waals surface area contributed by atoms with Gasteiger partial charge in [-0.1, -0.05) is 44.4 Å². The van der Waals surface area contributed by atoms with Crippen LogP contribution < -0.4 is 0 Å². The van der Waals surface area contributed by atoms with Crippen molar-refractivity contribution in [2.45, 2.75) is 39.5 Å². The number of hydrogen-bond acceptors (Lipinski definition) is 0. The van der Waals surface area contributed by atoms with E-state index in [1.54, 1.807) is 0 Å². The Morgan fingerprint density at radius 3 is 2.23 bits per heavy atom. The molecule has 0 amide bonds. The molecule has 1 rings (SSSR count). The van der Waals surface area contributed by atoms with Crippen molar-refractivity contribution in [3.05, 3.63) is 34.3 Å². The minimum atomic E-state index is 0.864. The lowest BCUT2D eigenvalue weighted by Gasteiger charge is -2.07. The summed E-state index contributed by atoms with van der Waals surface area (Å²) >= 11 is 5.95. The van der Waals surface area contributed by atoms with E-state index < -0.39 is 0 Å². The van der Waals surface area contributed by atoms with Crippen LogP contribution in [0.2, 0.25) is 5.02 Å². The van der Waals surface area contributed by atoms with E-state index in [1.165, 1.54) is 30.4 Å². The molecule has 1 aromatic rings. The Labute approximate surface area is 85.9 Å². The minimum Gasteiger partial charge on any atom is -0.0843 e. The summed E-state index contributed by atoms with van der Waals surface area (Å²) in [6.07, 6.45) is 4.72. The number of hydrogen-bond donors (Lipinski definition) is 0. The molecule has 0 atom stereocenters. The van der Waals surface area contributed by atoms with E-state index in [1.807, 2.05) is 6.07 Å². The molecule has 0 fully saturated rings. The summed E-state index contributed by atoms with van der Waals surface area (Å²) in [6, 6.07) is 6.26. The molecule has 0 bridgehead atoms. The molecule has 0 aromatic heterocycles. The molecule has 0 N–H and O–H groups in total. The highest BCUT2D eigenvalue weighted by Gasteiger charge is 2.01. The van der Waals surface area contributed by atoms with Gasteiger partial charge in [0.1, 0.15) is 0 Å². The molecular weight excluding hydrogens is 180 g/mol. The fourth-order valence-corrected chi connectivity index (χ4v) is 1.80. The van der Waals surface area contributed by atoms with Crippen molar-refractivity contribution in [2.75, 3.05) is 0 Å². The van der Waals surface area contributed by atoms with Crippen molar-refractivity contribution < 1.29 is 0 Å². The number of rotatable bonds is 4. The van der Waals surface area contributed by atoms with Gasteiger partial charge in [-0.3, -0.25) is 0 Å². The van der Waals surface area contributed by atoms with Gasteiger partial charge in [-0.05, 0) is 36.1 Å². The van der Waals surface area contributed by atoms with E-state index in [2.05, 4.69) is 26.0 Å². The quantitative estimate of drug-likeness (QED) is 0.676. The van der Waals surface area contributed by atoms with E-state index in [-0.39, 0.29) is 0 Å². The lowest BCUT2D eigenvalue weighted by atomic mass is 10.00. The highest BCUT2D eigenvalue weighted by molar-refractivity contribution is 6.30. The zero-order chi connectivity index (χ0) is 9.68. The van der Waals surface area contributed by atoms with Gasteiger partial charge in [0.15, 0.2) is 0 Å². The Morgan fingerprint density at radius 2 is 1.62 bits per heavy atom. The van der Waals surface area contributed by atoms with Crippen molar-refractivity contribution in [1.29, 1.82) is 0 Å². The molecule has 13 heavy (non-hydrogen) atoms. The molecule has 0 saturated heterocycles. The molecule has 1 aromatic carbocycles. The first-order valence-corrected chi connectivity index (χ1v) is 5.43. The van der Waals surface area contributed by atoms with Gasteiger partial charge in [0.05, 0.1) is 0 Å². The second-order valence-corrected chi connectivity index (χ2v) is 3.85. The molecule has 0 aliphatic carbocycles. The van der Waals surface area contributed by atoms with Gasteiger partial charge in [-0.25, -0.2) is 0 Å². The Morgan fingerprint density at radius 1 is 1.00 bits per heavy atom. The van der Waals surface area contributed by atoms with E-state index >= 15 is 0 Å². The lowest BCUT2D eigenvalue weighted by Crippen LogP contribution is -1.93. The van der Waals surface area contributed by atoms with Gasteiger partial charge < -0.3 is 0 Å². The second-order valence-electron chi connectivity index (χ2n) is 3.41. The number of halogens is 1. The van der Waals surface area contributed by atoms with E-state index in [0.29, 0.717) is 0 Å². The van der Waals surface area contributed by atoms with Crippen molar-refractivity contribution in [3.63, 3.8) is 0 Å². The predicted molar refractivity (Wildman–Crippen MR) is 59.4 cm³/mol. The summed E-state index contributed by atoms with van der Waals surface area (Å²) in [7, 11) is 0. The van der Waals surface area contributed by atoms with E-state index in [4.69, 9.17) is 11.6 Å². The Bertz CT molecular complexity index is 266. The van der Waals surface area contributed by atoms with E-state index in [9.17, 15) is 0 Å². The first-order chi connectivity index (χ1) is 6.27. The van der Waals surface area contributed by atoms with Crippen LogP contribution in [0.1, 0.15) is 37.8 Å². The summed E-state index contributed by atoms with van der Waals surface area (Å²) < 4.78 is 0. The summed E-state index contributed by atoms with van der Waals surface area (Å²) in [4.78, 5) is 0. The number of benzene rings is 1. The summed E-state index contributed by atoms with van der Waals surface area (Å²) in [5.41, 5.74) is 2.89. The van der Waals surface area contributed by atoms with Crippen molar-refractivity contribution in [1.82, 2.24) is 0 Å². The van der Waals surface area contributed by atoms with Crippen LogP contribution in [0.5, 0.6) is 0 Å². The molecule has 0 radical (unpaired) electrons. The third-order valence-electron chi connectivity index (χ3n) is 2.21. The van der Waals surface area contributed by atoms with Gasteiger partial charge in [0, 0.05) is 5.02 Å². The molecule has 1 heteroatoms. The van der Waals surface area contributed by atoms with Crippen molar-refractivity contribution in [3.8, 4) is 0 Å². The topological polar surface area (TPSA) is 0 Å². The van der Waals surface area contributed by atoms with Gasteiger partial charge in [0.25, 0.3) is 0 Å². The minimum absolute atomic E-state index is 0.864. The molecule has 0 aliphatic rings. The maximum Gasteiger partial charge on any atom is 0.0408 e. The third kappa shape index (κ3) is 3.04. The molecule has 0 spiro atoms. The first-order valence-electron chi connectivity index (χ1n) is 5.05. The van der Waals surface area contributed by atoms with Gasteiger partial charge >= 0.3 is 0 Å². The molecule has 0 aliphatic heterocycles.